The van der Waals surface area contributed by atoms with Crippen LogP contribution >= 0.6 is 12.2 Å². The van der Waals surface area contributed by atoms with E-state index >= 15 is 0 Å². The summed E-state index contributed by atoms with van der Waals surface area (Å²) in [4.78, 5) is 0. The molecule has 20 heavy (non-hydrogen) atoms. The van der Waals surface area contributed by atoms with Gasteiger partial charge in [0.2, 0.25) is 0 Å². The van der Waals surface area contributed by atoms with Crippen molar-refractivity contribution in [1.82, 2.24) is 14.3 Å². The summed E-state index contributed by atoms with van der Waals surface area (Å²) in [6.45, 7) is 8.58. The zero-order valence-corrected chi connectivity index (χ0v) is 13.5. The highest BCUT2D eigenvalue weighted by Gasteiger charge is 2.16. The van der Waals surface area contributed by atoms with E-state index in [2.05, 4.69) is 18.1 Å². The average molecular weight is 291 g/mol. The van der Waals surface area contributed by atoms with Crippen LogP contribution in [0.1, 0.15) is 36.8 Å². The second-order valence-electron chi connectivity index (χ2n) is 5.17. The minimum absolute atomic E-state index is 0.532. The van der Waals surface area contributed by atoms with E-state index in [9.17, 15) is 5.11 Å². The highest BCUT2D eigenvalue weighted by molar-refractivity contribution is 7.71. The Labute approximate surface area is 124 Å². The van der Waals surface area contributed by atoms with Crippen LogP contribution in [-0.2, 0) is 13.6 Å². The van der Waals surface area contributed by atoms with Gasteiger partial charge in [-0.25, -0.2) is 0 Å². The zero-order chi connectivity index (χ0) is 15.0. The molecule has 0 aliphatic heterocycles. The van der Waals surface area contributed by atoms with Crippen molar-refractivity contribution < 1.29 is 5.11 Å². The molecule has 0 saturated heterocycles. The fourth-order valence-electron chi connectivity index (χ4n) is 2.60. The molecule has 0 radical (unpaired) electrons. The molecule has 0 aromatic carbocycles. The van der Waals surface area contributed by atoms with Gasteiger partial charge in [-0.3, -0.25) is 4.68 Å². The van der Waals surface area contributed by atoms with E-state index in [0.717, 1.165) is 39.4 Å². The summed E-state index contributed by atoms with van der Waals surface area (Å²) < 4.78 is 4.64. The summed E-state index contributed by atoms with van der Waals surface area (Å²) in [7, 11) is 1.96. The number of nitrogens with zero attached hydrogens (tertiary/aromatic N) is 3. The molecule has 4 nitrogen and oxygen atoms in total. The Morgan fingerprint density at radius 1 is 1.30 bits per heavy atom. The van der Waals surface area contributed by atoms with E-state index in [1.807, 2.05) is 36.2 Å². The molecule has 0 aliphatic rings. The van der Waals surface area contributed by atoms with E-state index in [4.69, 9.17) is 12.2 Å². The van der Waals surface area contributed by atoms with E-state index in [1.165, 1.54) is 0 Å². The maximum absolute atomic E-state index is 9.84. The molecule has 2 aromatic rings. The summed E-state index contributed by atoms with van der Waals surface area (Å²) >= 11 is 5.44. The SMILES string of the molecule is CCn1nc(-c2c(C)cc(C)c(=S)n2C)cc1C(C)O. The van der Waals surface area contributed by atoms with Crippen molar-refractivity contribution >= 4 is 12.2 Å². The first-order valence-corrected chi connectivity index (χ1v) is 7.21. The number of aryl methyl sites for hydroxylation is 3. The number of aliphatic hydroxyl groups excluding tert-OH is 1. The maximum Gasteiger partial charge on any atom is 0.109 e. The number of pyridine rings is 1. The molecule has 0 aliphatic carbocycles. The zero-order valence-electron chi connectivity index (χ0n) is 12.6. The summed E-state index contributed by atoms with van der Waals surface area (Å²) in [5.74, 6) is 0. The largest absolute Gasteiger partial charge is 0.387 e. The maximum atomic E-state index is 9.84. The molecule has 0 amide bonds. The third-order valence-electron chi connectivity index (χ3n) is 3.57. The summed E-state index contributed by atoms with van der Waals surface area (Å²) in [6.07, 6.45) is -0.532. The lowest BCUT2D eigenvalue weighted by molar-refractivity contribution is 0.187. The van der Waals surface area contributed by atoms with Crippen molar-refractivity contribution in [3.8, 4) is 11.4 Å². The van der Waals surface area contributed by atoms with Crippen molar-refractivity contribution in [2.24, 2.45) is 7.05 Å². The second-order valence-corrected chi connectivity index (χ2v) is 5.56. The third kappa shape index (κ3) is 2.43. The number of aliphatic hydroxyl groups is 1. The van der Waals surface area contributed by atoms with Crippen LogP contribution in [0.15, 0.2) is 12.1 Å². The monoisotopic (exact) mass is 291 g/mol. The molecule has 1 N–H and O–H groups in total. The van der Waals surface area contributed by atoms with Crippen LogP contribution in [0.5, 0.6) is 0 Å². The van der Waals surface area contributed by atoms with Crippen molar-refractivity contribution in [3.63, 3.8) is 0 Å². The highest BCUT2D eigenvalue weighted by atomic mass is 32.1. The van der Waals surface area contributed by atoms with Crippen molar-refractivity contribution in [3.05, 3.63) is 33.6 Å². The van der Waals surface area contributed by atoms with Gasteiger partial charge >= 0.3 is 0 Å². The van der Waals surface area contributed by atoms with Crippen LogP contribution in [0.2, 0.25) is 0 Å². The molecule has 5 heteroatoms. The number of hydrogen-bond acceptors (Lipinski definition) is 3. The topological polar surface area (TPSA) is 43.0 Å². The fraction of sp³-hybridized carbons (Fsp3) is 0.467. The lowest BCUT2D eigenvalue weighted by Crippen LogP contribution is -2.06. The summed E-state index contributed by atoms with van der Waals surface area (Å²) in [5.41, 5.74) is 4.92. The molecule has 2 aromatic heterocycles. The van der Waals surface area contributed by atoms with Crippen LogP contribution in [0.4, 0.5) is 0 Å². The van der Waals surface area contributed by atoms with Gasteiger partial charge in [0.1, 0.15) is 10.3 Å². The van der Waals surface area contributed by atoms with Gasteiger partial charge in [-0.05, 0) is 44.9 Å². The quantitative estimate of drug-likeness (QED) is 0.882. The molecule has 1 unspecified atom stereocenters. The van der Waals surface area contributed by atoms with Crippen molar-refractivity contribution in [2.75, 3.05) is 0 Å². The second kappa shape index (κ2) is 5.50. The predicted molar refractivity (Wildman–Crippen MR) is 83.2 cm³/mol. The highest BCUT2D eigenvalue weighted by Crippen LogP contribution is 2.26. The van der Waals surface area contributed by atoms with Crippen molar-refractivity contribution in [1.29, 1.82) is 0 Å². The standard InChI is InChI=1S/C15H21N3OS/c1-6-18-13(11(4)19)8-12(16-18)14-9(2)7-10(3)15(20)17(14)5/h7-8,11,19H,6H2,1-5H3. The van der Waals surface area contributed by atoms with E-state index in [-0.39, 0.29) is 0 Å². The number of aromatic nitrogens is 3. The van der Waals surface area contributed by atoms with Gasteiger partial charge in [0.05, 0.1) is 17.5 Å². The lowest BCUT2D eigenvalue weighted by atomic mass is 10.1. The third-order valence-corrected chi connectivity index (χ3v) is 4.16. The Balaban J connectivity index is 2.69. The Morgan fingerprint density at radius 3 is 2.45 bits per heavy atom. The van der Waals surface area contributed by atoms with Crippen LogP contribution < -0.4 is 0 Å². The first kappa shape index (κ1) is 14.9. The molecule has 0 saturated carbocycles. The molecule has 1 atom stereocenters. The van der Waals surface area contributed by atoms with Crippen LogP contribution in [0.25, 0.3) is 11.4 Å². The molecule has 0 spiro atoms. The van der Waals surface area contributed by atoms with E-state index in [1.54, 1.807) is 6.92 Å². The van der Waals surface area contributed by atoms with Gasteiger partial charge < -0.3 is 9.67 Å². The summed E-state index contributed by atoms with van der Waals surface area (Å²) in [6, 6.07) is 4.03. The Kier molecular flexibility index (Phi) is 4.11. The first-order valence-electron chi connectivity index (χ1n) is 6.80. The summed E-state index contributed by atoms with van der Waals surface area (Å²) in [5, 5.41) is 14.4. The van der Waals surface area contributed by atoms with Gasteiger partial charge in [0.15, 0.2) is 0 Å². The molecule has 0 fully saturated rings. The van der Waals surface area contributed by atoms with Gasteiger partial charge in [0, 0.05) is 13.6 Å². The fourth-order valence-corrected chi connectivity index (χ4v) is 2.75. The average Bonchev–Trinajstić information content (AvgIpc) is 2.80. The van der Waals surface area contributed by atoms with Crippen molar-refractivity contribution in [2.45, 2.75) is 40.3 Å². The van der Waals surface area contributed by atoms with E-state index < -0.39 is 6.10 Å². The lowest BCUT2D eigenvalue weighted by Gasteiger charge is -2.12. The number of rotatable bonds is 3. The predicted octanol–water partition coefficient (Wildman–Crippen LogP) is 3.31. The number of hydrogen-bond donors (Lipinski definition) is 1. The first-order chi connectivity index (χ1) is 9.36. The van der Waals surface area contributed by atoms with Crippen LogP contribution in [-0.4, -0.2) is 19.5 Å². The molecule has 2 rings (SSSR count). The Morgan fingerprint density at radius 2 is 1.95 bits per heavy atom. The van der Waals surface area contributed by atoms with Gasteiger partial charge in [0.25, 0.3) is 0 Å². The van der Waals surface area contributed by atoms with Crippen LogP contribution in [0.3, 0.4) is 0 Å². The minimum atomic E-state index is -0.532. The van der Waals surface area contributed by atoms with Gasteiger partial charge in [-0.2, -0.15) is 5.10 Å². The Bertz CT molecular complexity index is 698. The smallest absolute Gasteiger partial charge is 0.109 e. The van der Waals surface area contributed by atoms with Gasteiger partial charge in [-0.1, -0.05) is 18.3 Å². The molecule has 2 heterocycles. The van der Waals surface area contributed by atoms with Crippen LogP contribution in [0, 0.1) is 18.5 Å². The van der Waals surface area contributed by atoms with Gasteiger partial charge in [-0.15, -0.1) is 0 Å². The molecule has 0 bridgehead atoms. The Hall–Kier alpha value is -1.46. The molecule has 108 valence electrons. The normalized spacial score (nSPS) is 12.7. The van der Waals surface area contributed by atoms with E-state index in [0.29, 0.717) is 0 Å². The molecular formula is C15H21N3OS. The minimum Gasteiger partial charge on any atom is -0.387 e. The molecular weight excluding hydrogens is 270 g/mol.